The van der Waals surface area contributed by atoms with Gasteiger partial charge in [-0.3, -0.25) is 0 Å². The maximum absolute atomic E-state index is 12.1. The highest BCUT2D eigenvalue weighted by atomic mass is 16.2. The first kappa shape index (κ1) is 13.7. The first-order chi connectivity index (χ1) is 8.72. The predicted molar refractivity (Wildman–Crippen MR) is 73.7 cm³/mol. The fourth-order valence-electron chi connectivity index (χ4n) is 3.12. The molecule has 2 heterocycles. The highest BCUT2D eigenvalue weighted by Crippen LogP contribution is 2.19. The number of hydrogen-bond donors (Lipinski definition) is 1. The van der Waals surface area contributed by atoms with Crippen molar-refractivity contribution in [3.05, 3.63) is 0 Å². The van der Waals surface area contributed by atoms with Gasteiger partial charge in [0.05, 0.1) is 6.04 Å². The lowest BCUT2D eigenvalue weighted by atomic mass is 10.0. The van der Waals surface area contributed by atoms with Gasteiger partial charge in [-0.2, -0.15) is 0 Å². The lowest BCUT2D eigenvalue weighted by Gasteiger charge is -2.25. The van der Waals surface area contributed by atoms with Crippen LogP contribution >= 0.6 is 0 Å². The number of likely N-dealkylation sites (N-methyl/N-ethyl adjacent to an activating group) is 1. The Balaban J connectivity index is 1.77. The molecule has 4 nitrogen and oxygen atoms in total. The van der Waals surface area contributed by atoms with E-state index in [1.165, 1.54) is 19.3 Å². The molecule has 1 N–H and O–H groups in total. The third-order valence-electron chi connectivity index (χ3n) is 4.33. The Morgan fingerprint density at radius 2 is 2.17 bits per heavy atom. The van der Waals surface area contributed by atoms with Gasteiger partial charge in [0.15, 0.2) is 0 Å². The second kappa shape index (κ2) is 6.41. The minimum atomic E-state index is 0.226. The van der Waals surface area contributed by atoms with Gasteiger partial charge in [0.25, 0.3) is 0 Å². The lowest BCUT2D eigenvalue weighted by Crippen LogP contribution is -2.38. The number of hydrogen-bond acceptors (Lipinski definition) is 2. The Hall–Kier alpha value is -0.770. The van der Waals surface area contributed by atoms with E-state index in [0.717, 1.165) is 38.9 Å². The van der Waals surface area contributed by atoms with E-state index in [0.29, 0.717) is 12.1 Å². The fourth-order valence-corrected chi connectivity index (χ4v) is 3.12. The summed E-state index contributed by atoms with van der Waals surface area (Å²) in [4.78, 5) is 16.1. The van der Waals surface area contributed by atoms with E-state index in [9.17, 15) is 4.79 Å². The summed E-state index contributed by atoms with van der Waals surface area (Å²) in [5, 5.41) is 3.55. The van der Waals surface area contributed by atoms with Crippen LogP contribution in [0.15, 0.2) is 0 Å². The third-order valence-corrected chi connectivity index (χ3v) is 4.33. The van der Waals surface area contributed by atoms with Crippen molar-refractivity contribution in [1.82, 2.24) is 15.1 Å². The van der Waals surface area contributed by atoms with Gasteiger partial charge in [-0.05, 0) is 32.2 Å². The molecule has 2 atom stereocenters. The molecule has 0 aromatic heterocycles. The van der Waals surface area contributed by atoms with Crippen LogP contribution in [0.25, 0.3) is 0 Å². The molecule has 0 aromatic rings. The Morgan fingerprint density at radius 3 is 2.83 bits per heavy atom. The van der Waals surface area contributed by atoms with E-state index in [-0.39, 0.29) is 6.03 Å². The van der Waals surface area contributed by atoms with Crippen molar-refractivity contribution in [3.8, 4) is 0 Å². The zero-order valence-electron chi connectivity index (χ0n) is 11.8. The summed E-state index contributed by atoms with van der Waals surface area (Å²) in [5.41, 5.74) is 0. The number of piperidine rings is 1. The van der Waals surface area contributed by atoms with E-state index in [2.05, 4.69) is 12.2 Å². The maximum atomic E-state index is 12.1. The van der Waals surface area contributed by atoms with E-state index in [4.69, 9.17) is 0 Å². The highest BCUT2D eigenvalue weighted by molar-refractivity contribution is 5.76. The van der Waals surface area contributed by atoms with Crippen LogP contribution in [0.1, 0.15) is 45.4 Å². The summed E-state index contributed by atoms with van der Waals surface area (Å²) in [7, 11) is 1.95. The van der Waals surface area contributed by atoms with Gasteiger partial charge in [0.2, 0.25) is 0 Å². The van der Waals surface area contributed by atoms with Crippen LogP contribution in [0.3, 0.4) is 0 Å². The van der Waals surface area contributed by atoms with Gasteiger partial charge < -0.3 is 15.1 Å². The van der Waals surface area contributed by atoms with Crippen molar-refractivity contribution >= 4 is 6.03 Å². The number of amides is 2. The molecule has 0 bridgehead atoms. The quantitative estimate of drug-likeness (QED) is 0.814. The molecule has 2 amide bonds. The van der Waals surface area contributed by atoms with Gasteiger partial charge in [0.1, 0.15) is 0 Å². The minimum absolute atomic E-state index is 0.226. The third kappa shape index (κ3) is 3.16. The molecule has 18 heavy (non-hydrogen) atoms. The molecule has 0 aliphatic carbocycles. The van der Waals surface area contributed by atoms with Crippen molar-refractivity contribution < 1.29 is 4.79 Å². The van der Waals surface area contributed by atoms with Crippen LogP contribution in [-0.2, 0) is 0 Å². The van der Waals surface area contributed by atoms with Crippen LogP contribution in [-0.4, -0.2) is 54.6 Å². The Bertz CT molecular complexity index is 276. The van der Waals surface area contributed by atoms with E-state index in [1.807, 2.05) is 16.8 Å². The van der Waals surface area contributed by atoms with Crippen molar-refractivity contribution in [2.24, 2.45) is 0 Å². The molecule has 0 spiro atoms. The molecule has 2 rings (SSSR count). The van der Waals surface area contributed by atoms with E-state index in [1.54, 1.807) is 0 Å². The molecular weight excluding hydrogens is 226 g/mol. The average molecular weight is 253 g/mol. The standard InChI is InChI=1S/C14H27N3O/c1-3-6-13-11-17(14(18)16(13)2)10-8-12-7-4-5-9-15-12/h12-13,15H,3-11H2,1-2H3. The van der Waals surface area contributed by atoms with E-state index >= 15 is 0 Å². The maximum Gasteiger partial charge on any atom is 0.320 e. The second-order valence-electron chi connectivity index (χ2n) is 5.72. The summed E-state index contributed by atoms with van der Waals surface area (Å²) in [6, 6.07) is 1.29. The van der Waals surface area contributed by atoms with Crippen LogP contribution in [0.2, 0.25) is 0 Å². The smallest absolute Gasteiger partial charge is 0.320 e. The summed E-state index contributed by atoms with van der Waals surface area (Å²) >= 11 is 0. The first-order valence-corrected chi connectivity index (χ1v) is 7.47. The highest BCUT2D eigenvalue weighted by Gasteiger charge is 2.33. The molecular formula is C14H27N3O. The molecule has 0 radical (unpaired) electrons. The number of urea groups is 1. The van der Waals surface area contributed by atoms with Crippen LogP contribution in [0, 0.1) is 0 Å². The summed E-state index contributed by atoms with van der Waals surface area (Å²) in [5.74, 6) is 0. The predicted octanol–water partition coefficient (Wildman–Crippen LogP) is 2.05. The first-order valence-electron chi connectivity index (χ1n) is 7.47. The molecule has 2 fully saturated rings. The number of rotatable bonds is 5. The number of nitrogens with one attached hydrogen (secondary N) is 1. The Labute approximate surface area is 111 Å². The summed E-state index contributed by atoms with van der Waals surface area (Å²) < 4.78 is 0. The fraction of sp³-hybridized carbons (Fsp3) is 0.929. The molecule has 2 aliphatic heterocycles. The van der Waals surface area contributed by atoms with Crippen LogP contribution < -0.4 is 5.32 Å². The zero-order valence-corrected chi connectivity index (χ0v) is 11.8. The van der Waals surface area contributed by atoms with Gasteiger partial charge >= 0.3 is 6.03 Å². The lowest BCUT2D eigenvalue weighted by molar-refractivity contribution is 0.192. The van der Waals surface area contributed by atoms with Crippen LogP contribution in [0.4, 0.5) is 4.79 Å². The Morgan fingerprint density at radius 1 is 1.33 bits per heavy atom. The summed E-state index contributed by atoms with van der Waals surface area (Å²) in [6.07, 6.45) is 7.31. The van der Waals surface area contributed by atoms with Gasteiger partial charge in [-0.1, -0.05) is 19.8 Å². The van der Waals surface area contributed by atoms with Crippen molar-refractivity contribution in [2.75, 3.05) is 26.7 Å². The SMILES string of the molecule is CCCC1CN(CCC2CCCCN2)C(=O)N1C. The molecule has 4 heteroatoms. The monoisotopic (exact) mass is 253 g/mol. The van der Waals surface area contributed by atoms with Crippen LogP contribution in [0.5, 0.6) is 0 Å². The molecule has 2 aliphatic rings. The second-order valence-corrected chi connectivity index (χ2v) is 5.72. The normalized spacial score (nSPS) is 29.1. The molecule has 0 saturated carbocycles. The number of carbonyl (C=O) groups is 1. The number of nitrogens with zero attached hydrogens (tertiary/aromatic N) is 2. The van der Waals surface area contributed by atoms with Crippen molar-refractivity contribution in [3.63, 3.8) is 0 Å². The van der Waals surface area contributed by atoms with Crippen molar-refractivity contribution in [2.45, 2.75) is 57.5 Å². The topological polar surface area (TPSA) is 35.6 Å². The molecule has 2 unspecified atom stereocenters. The molecule has 104 valence electrons. The average Bonchev–Trinajstić information content (AvgIpc) is 2.66. The zero-order chi connectivity index (χ0) is 13.0. The number of carbonyl (C=O) groups excluding carboxylic acids is 1. The summed E-state index contributed by atoms with van der Waals surface area (Å²) in [6.45, 7) is 5.18. The largest absolute Gasteiger partial charge is 0.323 e. The molecule has 2 saturated heterocycles. The van der Waals surface area contributed by atoms with Gasteiger partial charge in [-0.15, -0.1) is 0 Å². The van der Waals surface area contributed by atoms with E-state index < -0.39 is 0 Å². The Kier molecular flexibility index (Phi) is 4.87. The van der Waals surface area contributed by atoms with Gasteiger partial charge in [-0.25, -0.2) is 4.79 Å². The minimum Gasteiger partial charge on any atom is -0.323 e. The van der Waals surface area contributed by atoms with Crippen molar-refractivity contribution in [1.29, 1.82) is 0 Å². The molecule has 0 aromatic carbocycles. The van der Waals surface area contributed by atoms with Gasteiger partial charge in [0, 0.05) is 26.2 Å².